The Kier molecular flexibility index (Phi) is 15.7. The van der Waals surface area contributed by atoms with E-state index in [1.54, 1.807) is 36.3 Å². The van der Waals surface area contributed by atoms with Crippen LogP contribution in [0.15, 0.2) is 85.5 Å². The number of benzene rings is 2. The maximum atomic E-state index is 12.7. The fourth-order valence-corrected chi connectivity index (χ4v) is 7.39. The van der Waals surface area contributed by atoms with E-state index in [9.17, 15) is 9.59 Å². The van der Waals surface area contributed by atoms with Gasteiger partial charge in [-0.2, -0.15) is 0 Å². The van der Waals surface area contributed by atoms with Crippen molar-refractivity contribution in [2.45, 2.75) is 61.1 Å². The number of carboxylic acid groups (broad SMARTS) is 1. The van der Waals surface area contributed by atoms with Crippen LogP contribution in [0, 0.1) is 27.7 Å². The molecule has 64 heavy (non-hydrogen) atoms. The Morgan fingerprint density at radius 1 is 0.672 bits per heavy atom. The van der Waals surface area contributed by atoms with E-state index in [-0.39, 0.29) is 19.0 Å². The van der Waals surface area contributed by atoms with Gasteiger partial charge in [0.15, 0.2) is 5.69 Å². The first kappa shape index (κ1) is 48.1. The highest BCUT2D eigenvalue weighted by atomic mass is 35.5. The molecule has 332 valence electrons. The van der Waals surface area contributed by atoms with Crippen molar-refractivity contribution in [3.63, 3.8) is 0 Å². The third-order valence-electron chi connectivity index (χ3n) is 10.3. The molecule has 0 aliphatic rings. The Morgan fingerprint density at radius 2 is 1.12 bits per heavy atom. The van der Waals surface area contributed by atoms with Gasteiger partial charge in [-0.1, -0.05) is 42.8 Å². The highest BCUT2D eigenvalue weighted by Crippen LogP contribution is 2.22. The number of rotatable bonds is 9. The van der Waals surface area contributed by atoms with Crippen LogP contribution < -0.4 is 22.5 Å². The van der Waals surface area contributed by atoms with Crippen LogP contribution in [0.3, 0.4) is 0 Å². The van der Waals surface area contributed by atoms with Crippen LogP contribution in [0.5, 0.6) is 0 Å². The first-order valence-corrected chi connectivity index (χ1v) is 20.5. The molecule has 0 radical (unpaired) electrons. The fourth-order valence-electron chi connectivity index (χ4n) is 7.05. The Labute approximate surface area is 381 Å². The van der Waals surface area contributed by atoms with Gasteiger partial charge < -0.3 is 36.8 Å². The quantitative estimate of drug-likeness (QED) is 0.0927. The van der Waals surface area contributed by atoms with Gasteiger partial charge in [0.1, 0.15) is 29.0 Å². The maximum absolute atomic E-state index is 12.7. The van der Waals surface area contributed by atoms with E-state index in [2.05, 4.69) is 35.2 Å². The zero-order chi connectivity index (χ0) is 45.5. The molecule has 2 aromatic carbocycles. The number of nitrogens with one attached hydrogen (secondary N) is 1. The summed E-state index contributed by atoms with van der Waals surface area (Å²) in [6, 6.07) is 19.3. The minimum absolute atomic E-state index is 0. The number of hydrogen-bond acceptors (Lipinski definition) is 11. The van der Waals surface area contributed by atoms with Crippen molar-refractivity contribution in [2.24, 2.45) is 19.8 Å². The van der Waals surface area contributed by atoms with Gasteiger partial charge in [0, 0.05) is 87.0 Å². The van der Waals surface area contributed by atoms with Crippen LogP contribution in [0.25, 0.3) is 21.8 Å². The van der Waals surface area contributed by atoms with Crippen LogP contribution >= 0.6 is 23.2 Å². The number of carboxylic acids is 1. The summed E-state index contributed by atoms with van der Waals surface area (Å²) < 4.78 is 3.60. The summed E-state index contributed by atoms with van der Waals surface area (Å²) in [5.41, 5.74) is 27.0. The van der Waals surface area contributed by atoms with Crippen molar-refractivity contribution < 1.29 is 14.7 Å². The van der Waals surface area contributed by atoms with Crippen molar-refractivity contribution in [3.8, 4) is 0 Å². The average Bonchev–Trinajstić information content (AvgIpc) is 3.78. The Morgan fingerprint density at radius 3 is 1.56 bits per heavy atom. The van der Waals surface area contributed by atoms with Gasteiger partial charge in [-0.05, 0) is 110 Å². The van der Waals surface area contributed by atoms with Gasteiger partial charge >= 0.3 is 5.97 Å². The highest BCUT2D eigenvalue weighted by Gasteiger charge is 2.16. The molecule has 0 saturated carbocycles. The number of halogens is 2. The number of nitrogens with two attached hydrogens (primary N) is 3. The molecule has 0 bridgehead atoms. The van der Waals surface area contributed by atoms with E-state index in [0.29, 0.717) is 59.1 Å². The molecule has 8 rings (SSSR count). The second-order valence-electron chi connectivity index (χ2n) is 15.1. The SMILES string of the molecule is C.Cc1cc(N)nc(C)c1CN.Cc1cc(N)nc(C)c1CNC(=O)c1cn(C)c(Cc2ccc3ncc(Cl)cc3c2)n1.Cn1cc(C(=O)O)nc1Cc1ccc2ncc(Cl)cc2c1. The van der Waals surface area contributed by atoms with Gasteiger partial charge in [0.2, 0.25) is 0 Å². The topological polar surface area (TPSA) is 232 Å². The molecular weight excluding hydrogens is 852 g/mol. The predicted molar refractivity (Wildman–Crippen MR) is 255 cm³/mol. The lowest BCUT2D eigenvalue weighted by molar-refractivity contribution is 0.0690. The minimum atomic E-state index is -1.02. The zero-order valence-corrected chi connectivity index (χ0v) is 37.3. The number of pyridine rings is 4. The maximum Gasteiger partial charge on any atom is 0.356 e. The van der Waals surface area contributed by atoms with Gasteiger partial charge in [0.05, 0.1) is 21.1 Å². The number of nitrogen functional groups attached to an aromatic ring is 2. The summed E-state index contributed by atoms with van der Waals surface area (Å²) in [6.07, 6.45) is 7.64. The monoisotopic (exact) mass is 902 g/mol. The van der Waals surface area contributed by atoms with Crippen LogP contribution in [0.1, 0.15) is 84.8 Å². The summed E-state index contributed by atoms with van der Waals surface area (Å²) in [7, 11) is 3.67. The number of anilines is 2. The van der Waals surface area contributed by atoms with E-state index in [1.165, 1.54) is 6.20 Å². The molecule has 0 aliphatic carbocycles. The van der Waals surface area contributed by atoms with Gasteiger partial charge in [-0.15, -0.1) is 0 Å². The van der Waals surface area contributed by atoms with Crippen molar-refractivity contribution in [1.29, 1.82) is 0 Å². The first-order valence-electron chi connectivity index (χ1n) is 19.8. The lowest BCUT2D eigenvalue weighted by atomic mass is 10.1. The number of nitrogens with zero attached hydrogens (tertiary/aromatic N) is 8. The molecule has 0 aliphatic heterocycles. The highest BCUT2D eigenvalue weighted by molar-refractivity contribution is 6.31. The number of carbonyl (C=O) groups excluding carboxylic acids is 1. The molecule has 17 heteroatoms. The van der Waals surface area contributed by atoms with Gasteiger partial charge in [-0.25, -0.2) is 24.7 Å². The van der Waals surface area contributed by atoms with Crippen LogP contribution in [0.4, 0.5) is 11.6 Å². The van der Waals surface area contributed by atoms with E-state index in [1.807, 2.05) is 93.9 Å². The first-order chi connectivity index (χ1) is 30.0. The number of imidazole rings is 2. The predicted octanol–water partition coefficient (Wildman–Crippen LogP) is 8.02. The third-order valence-corrected chi connectivity index (χ3v) is 10.7. The Hall–Kier alpha value is -6.94. The fraction of sp³-hybridized carbons (Fsp3) is 0.234. The smallest absolute Gasteiger partial charge is 0.356 e. The molecule has 0 spiro atoms. The summed E-state index contributed by atoms with van der Waals surface area (Å²) in [5.74, 6) is 1.28. The van der Waals surface area contributed by atoms with Crippen LogP contribution in [-0.2, 0) is 40.0 Å². The molecule has 1 amide bonds. The standard InChI is InChI=1S/C23H23ClN6O.C15H12ClN3O2.C8H13N3.CH4/c1-13-6-21(25)28-14(2)18(13)11-27-23(31)20-12-30(3)22(29-20)8-15-4-5-19-16(7-15)9-17(24)10-26-19;1-19-8-13(15(20)21)18-14(19)5-9-2-3-12-10(4-9)6-11(16)7-17-12;1-5-3-8(10)11-6(2)7(5)4-9;/h4-7,9-10,12H,8,11H2,1-3H3,(H2,25,28)(H,27,31);2-4,6-8H,5H2,1H3,(H,20,21);3H,4,9H2,1-2H3,(H2,10,11);1H4. The zero-order valence-electron chi connectivity index (χ0n) is 35.7. The Balaban J connectivity index is 0.000000201. The molecular formula is C47H52Cl2N12O3. The third kappa shape index (κ3) is 11.9. The summed E-state index contributed by atoms with van der Waals surface area (Å²) in [6.45, 7) is 8.66. The number of aromatic nitrogens is 8. The number of fused-ring (bicyclic) bond motifs is 2. The second kappa shape index (κ2) is 21.0. The van der Waals surface area contributed by atoms with Crippen molar-refractivity contribution in [2.75, 3.05) is 11.5 Å². The van der Waals surface area contributed by atoms with E-state index in [0.717, 1.165) is 72.4 Å². The van der Waals surface area contributed by atoms with Crippen molar-refractivity contribution >= 4 is 68.5 Å². The number of aryl methyl sites for hydroxylation is 6. The second-order valence-corrected chi connectivity index (χ2v) is 15.9. The molecule has 6 aromatic heterocycles. The summed E-state index contributed by atoms with van der Waals surface area (Å²) >= 11 is 12.0. The number of hydrogen-bond donors (Lipinski definition) is 5. The molecule has 0 atom stereocenters. The number of amides is 1. The molecule has 8 N–H and O–H groups in total. The van der Waals surface area contributed by atoms with Gasteiger partial charge in [-0.3, -0.25) is 14.8 Å². The molecule has 15 nitrogen and oxygen atoms in total. The summed E-state index contributed by atoms with van der Waals surface area (Å²) in [5, 5.41) is 15.0. The van der Waals surface area contributed by atoms with Crippen LogP contribution in [0.2, 0.25) is 10.0 Å². The van der Waals surface area contributed by atoms with E-state index in [4.69, 9.17) is 45.5 Å². The molecule has 8 aromatic rings. The Bertz CT molecular complexity index is 2940. The summed E-state index contributed by atoms with van der Waals surface area (Å²) in [4.78, 5) is 49.2. The molecule has 6 heterocycles. The van der Waals surface area contributed by atoms with Crippen molar-refractivity contribution in [3.05, 3.63) is 163 Å². The van der Waals surface area contributed by atoms with Crippen molar-refractivity contribution in [1.82, 2.24) is 44.4 Å². The molecule has 0 saturated heterocycles. The minimum Gasteiger partial charge on any atom is -0.476 e. The number of carbonyl (C=O) groups is 2. The lowest BCUT2D eigenvalue weighted by Gasteiger charge is -2.10. The largest absolute Gasteiger partial charge is 0.476 e. The lowest BCUT2D eigenvalue weighted by Crippen LogP contribution is -2.24. The number of aromatic carboxylic acids is 1. The van der Waals surface area contributed by atoms with Gasteiger partial charge in [0.25, 0.3) is 5.91 Å². The molecule has 0 unspecified atom stereocenters. The van der Waals surface area contributed by atoms with E-state index < -0.39 is 5.97 Å². The normalized spacial score (nSPS) is 10.7. The van der Waals surface area contributed by atoms with E-state index >= 15 is 0 Å². The molecule has 0 fully saturated rings. The average molecular weight is 904 g/mol. The van der Waals surface area contributed by atoms with Crippen LogP contribution in [-0.4, -0.2) is 56.0 Å².